The van der Waals surface area contributed by atoms with Gasteiger partial charge < -0.3 is 0 Å². The van der Waals surface area contributed by atoms with E-state index in [1.807, 2.05) is 94.7 Å². The first kappa shape index (κ1) is 90.1. The molecule has 0 amide bonds. The van der Waals surface area contributed by atoms with E-state index in [4.69, 9.17) is 0 Å². The first-order chi connectivity index (χ1) is 36.6. The van der Waals surface area contributed by atoms with E-state index >= 15 is 0 Å². The summed E-state index contributed by atoms with van der Waals surface area (Å²) in [6.45, 7) is 37.7. The highest BCUT2D eigenvalue weighted by atomic mass is 32.2. The summed E-state index contributed by atoms with van der Waals surface area (Å²) in [6.07, 6.45) is 7.33. The number of Topliss-reactive ketones (excluding diaryl/α,β-unsaturated/α-hetero) is 1. The van der Waals surface area contributed by atoms with E-state index in [-0.39, 0.29) is 10.8 Å². The molecule has 2 fully saturated rings. The van der Waals surface area contributed by atoms with Gasteiger partial charge >= 0.3 is 0 Å². The summed E-state index contributed by atoms with van der Waals surface area (Å²) in [5.74, 6) is 0.319. The zero-order valence-electron chi connectivity index (χ0n) is 58.1. The Kier molecular flexibility index (Phi) is 39.9. The molecule has 2 aliphatic rings. The molecular weight excluding hydrogens is 1190 g/mol. The monoisotopic (exact) mass is 1310 g/mol. The van der Waals surface area contributed by atoms with Gasteiger partial charge in [-0.1, -0.05) is 80.4 Å². The maximum Gasteiger partial charge on any atom is 0.285 e. The first-order valence-electron chi connectivity index (χ1n) is 27.8. The minimum atomic E-state index is -3.15. The molecule has 0 radical (unpaired) electrons. The molecule has 0 N–H and O–H groups in total. The zero-order chi connectivity index (χ0) is 67.9. The van der Waals surface area contributed by atoms with Crippen molar-refractivity contribution in [3.8, 4) is 0 Å². The highest BCUT2D eigenvalue weighted by Crippen LogP contribution is 2.50. The van der Waals surface area contributed by atoms with Crippen LogP contribution in [0.15, 0.2) is 6.20 Å². The second kappa shape index (κ2) is 36.8. The molecule has 0 atom stereocenters. The Hall–Kier alpha value is -1.61. The number of unbranched alkanes of at least 4 members (excludes halogenated alkanes) is 1. The molecule has 0 aliphatic carbocycles. The second-order valence-electron chi connectivity index (χ2n) is 26.0. The number of hydrogen-bond donors (Lipinski definition) is 0. The van der Waals surface area contributed by atoms with Crippen molar-refractivity contribution in [1.29, 1.82) is 0 Å². The van der Waals surface area contributed by atoms with E-state index in [2.05, 4.69) is 31.1 Å². The number of sulfone groups is 1. The summed E-state index contributed by atoms with van der Waals surface area (Å²) < 4.78 is 139. The molecule has 1 aromatic heterocycles. The Balaban J connectivity index is -0.000000280. The highest BCUT2D eigenvalue weighted by Gasteiger charge is 2.40. The number of sulfonamides is 1. The summed E-state index contributed by atoms with van der Waals surface area (Å²) >= 11 is 0. The van der Waals surface area contributed by atoms with E-state index in [1.165, 1.54) is 45.4 Å². The fraction of sp³-hybridized carbons (Fsp3) is 0.942. The van der Waals surface area contributed by atoms with Crippen LogP contribution in [0.1, 0.15) is 156 Å². The van der Waals surface area contributed by atoms with E-state index in [0.29, 0.717) is 38.5 Å². The Morgan fingerprint density at radius 2 is 0.880 bits per heavy atom. The number of aromatic nitrogens is 3. The van der Waals surface area contributed by atoms with E-state index in [0.717, 1.165) is 53.0 Å². The van der Waals surface area contributed by atoms with E-state index in [9.17, 15) is 51.4 Å². The van der Waals surface area contributed by atoms with Crippen molar-refractivity contribution in [2.75, 3.05) is 138 Å². The van der Waals surface area contributed by atoms with Crippen molar-refractivity contribution in [2.45, 2.75) is 178 Å². The van der Waals surface area contributed by atoms with Gasteiger partial charge in [-0.15, -0.1) is 5.10 Å². The van der Waals surface area contributed by atoms with Crippen LogP contribution in [0.25, 0.3) is 0 Å². The van der Waals surface area contributed by atoms with E-state index < -0.39 is 72.3 Å². The number of nitrogens with zero attached hydrogens (tertiary/aromatic N) is 13. The quantitative estimate of drug-likeness (QED) is 0.191. The highest BCUT2D eigenvalue weighted by molar-refractivity contribution is 7.94. The van der Waals surface area contributed by atoms with Gasteiger partial charge in [0, 0.05) is 120 Å². The summed E-state index contributed by atoms with van der Waals surface area (Å²) in [6, 6.07) is 0. The minimum absolute atomic E-state index is 0.196. The lowest BCUT2D eigenvalue weighted by molar-refractivity contribution is -0.134. The van der Waals surface area contributed by atoms with Crippen molar-refractivity contribution in [2.24, 2.45) is 10.8 Å². The second-order valence-corrected chi connectivity index (χ2v) is 42.4. The van der Waals surface area contributed by atoms with Crippen LogP contribution in [-0.4, -0.2) is 260 Å². The molecule has 3 heterocycles. The molecule has 83 heavy (non-hydrogen) atoms. The first-order valence-corrected chi connectivity index (χ1v) is 36.5. The van der Waals surface area contributed by atoms with Gasteiger partial charge in [0.15, 0.2) is 9.84 Å². The SMILES string of the molecule is CC(C)(C)C(=O)C(C)(C)C.CC(C)(C)S(=O)(=O)C(C)(C)C.CCCCN1CCN(C)S1(=O)=O.CCCc1cn(CCC)nn1.CN(C)P(=O)(N(C)C)N(C)C.CN(C)S(=O)(=O)C(C)(C)C.CN(C)S(=O)(=O)N(C)C.CN1CCN(C)S1(=O)=O. The standard InChI is InChI=1S/C9H18O.C8H15N3.C8H18O2S.C7H16N2O2S.C6H18N3OP.C6H15NO2S.C4H10N2O2S.C4H12N2O2S/c1-8(2,3)7(10)9(4,5)6;1-3-5-8-7-11(6-4-2)10-9-8;1-7(2,3)11(9,10)8(4,5)6;1-3-4-5-9-7-6-8(2)12(9,10)11;1-7(2)11(10,8(3)4)9(5)6;1-6(2,3)10(8,9)7(4)5;1-5-3-4-6(2)9(5,7)8;1-5(2)9(7,8)6(3)4/h1-6H3;7H,3-6H2,1-2H3;1-6H3;3-7H2,1-2H3;1-6H3;1-5H3;3-4H2,1-2H3;1-4H3. The summed E-state index contributed by atoms with van der Waals surface area (Å²) in [7, 11) is 6.99. The molecule has 3 rings (SSSR count). The molecule has 502 valence electrons. The number of carbonyl (C=O) groups is 1. The van der Waals surface area contributed by atoms with Gasteiger partial charge in [0.2, 0.25) is 10.0 Å². The lowest BCUT2D eigenvalue weighted by Gasteiger charge is -2.34. The normalized spacial score (nSPS) is 16.7. The maximum absolute atomic E-state index is 12.1. The van der Waals surface area contributed by atoms with Crippen molar-refractivity contribution >= 4 is 63.9 Å². The minimum Gasteiger partial charge on any atom is -0.299 e. The fourth-order valence-corrected chi connectivity index (χ4v) is 15.2. The number of ketones is 1. The molecule has 0 aromatic carbocycles. The van der Waals surface area contributed by atoms with Crippen LogP contribution in [0.4, 0.5) is 0 Å². The van der Waals surface area contributed by atoms with E-state index in [1.54, 1.807) is 116 Å². The third-order valence-corrected chi connectivity index (χ3v) is 26.6. The van der Waals surface area contributed by atoms with Gasteiger partial charge in [-0.3, -0.25) is 14.0 Å². The third kappa shape index (κ3) is 30.9. The third-order valence-electron chi connectivity index (χ3n) is 11.9. The molecule has 0 unspecified atom stereocenters. The number of hydrogen-bond acceptors (Lipinski definition) is 14. The smallest absolute Gasteiger partial charge is 0.285 e. The lowest BCUT2D eigenvalue weighted by atomic mass is 9.76. The van der Waals surface area contributed by atoms with Gasteiger partial charge in [0.25, 0.3) is 38.2 Å². The predicted octanol–water partition coefficient (Wildman–Crippen LogP) is 6.48. The lowest BCUT2D eigenvalue weighted by Crippen LogP contribution is -2.41. The van der Waals surface area contributed by atoms with Crippen LogP contribution in [0, 0.1) is 10.8 Å². The van der Waals surface area contributed by atoms with Gasteiger partial charge in [-0.2, -0.15) is 51.1 Å². The van der Waals surface area contributed by atoms with Crippen LogP contribution >= 0.6 is 7.59 Å². The van der Waals surface area contributed by atoms with Crippen LogP contribution < -0.4 is 0 Å². The summed E-state index contributed by atoms with van der Waals surface area (Å²) in [5, 5.41) is 8.03. The topological polar surface area (TPSA) is 268 Å². The Morgan fingerprint density at radius 3 is 1.04 bits per heavy atom. The fourth-order valence-electron chi connectivity index (χ4n) is 7.03. The zero-order valence-corrected chi connectivity index (χ0v) is 63.0. The number of carbonyl (C=O) groups excluding carboxylic acids is 1. The number of likely N-dealkylation sites (N-methyl/N-ethyl adjacent to an activating group) is 3. The Morgan fingerprint density at radius 1 is 0.530 bits per heavy atom. The molecule has 0 spiro atoms. The average Bonchev–Trinajstić information content (AvgIpc) is 3.93. The molecule has 0 saturated carbocycles. The predicted molar refractivity (Wildman–Crippen MR) is 346 cm³/mol. The molecule has 0 bridgehead atoms. The molecule has 1 aromatic rings. The van der Waals surface area contributed by atoms with Gasteiger partial charge in [-0.05, 0) is 124 Å². The number of rotatable bonds is 13. The van der Waals surface area contributed by atoms with Gasteiger partial charge in [0.1, 0.15) is 5.78 Å². The maximum atomic E-state index is 12.1. The summed E-state index contributed by atoms with van der Waals surface area (Å²) in [4.78, 5) is 11.5. The Bertz CT molecular complexity index is 2510. The summed E-state index contributed by atoms with van der Waals surface area (Å²) in [5.41, 5.74) is 0.720. The molecule has 2 saturated heterocycles. The van der Waals surface area contributed by atoms with Crippen LogP contribution in [-0.2, 0) is 72.8 Å². The van der Waals surface area contributed by atoms with Crippen LogP contribution in [0.2, 0.25) is 0 Å². The van der Waals surface area contributed by atoms with Crippen molar-refractivity contribution < 1.29 is 51.4 Å². The van der Waals surface area contributed by atoms with Crippen LogP contribution in [0.5, 0.6) is 0 Å². The largest absolute Gasteiger partial charge is 0.299 e. The van der Waals surface area contributed by atoms with Gasteiger partial charge in [0.05, 0.1) is 19.9 Å². The molecule has 31 heteroatoms. The van der Waals surface area contributed by atoms with Crippen molar-refractivity contribution in [1.82, 2.24) is 59.1 Å². The Labute approximate surface area is 510 Å². The molecule has 25 nitrogen and oxygen atoms in total. The average molecular weight is 1310 g/mol. The van der Waals surface area contributed by atoms with Gasteiger partial charge in [-0.25, -0.2) is 35.2 Å². The molecular formula is C52H122N13O12PS5. The van der Waals surface area contributed by atoms with Crippen molar-refractivity contribution in [3.63, 3.8) is 0 Å². The number of aryl methyl sites for hydroxylation is 2. The van der Waals surface area contributed by atoms with Crippen LogP contribution in [0.3, 0.4) is 0 Å². The molecule has 2 aliphatic heterocycles. The van der Waals surface area contributed by atoms with Crippen molar-refractivity contribution in [3.05, 3.63) is 11.9 Å².